The molecule has 9 heteroatoms. The van der Waals surface area contributed by atoms with Crippen molar-refractivity contribution in [3.05, 3.63) is 134 Å². The van der Waals surface area contributed by atoms with Gasteiger partial charge >= 0.3 is 0 Å². The lowest BCUT2D eigenvalue weighted by Gasteiger charge is -2.40. The Morgan fingerprint density at radius 3 is 1.05 bits per heavy atom. The molecule has 1 heterocycles. The van der Waals surface area contributed by atoms with Gasteiger partial charge in [0.05, 0.1) is 25.4 Å². The zero-order valence-electron chi connectivity index (χ0n) is 56.4. The summed E-state index contributed by atoms with van der Waals surface area (Å²) in [6.07, 6.45) is 93.7. The van der Waals surface area contributed by atoms with Gasteiger partial charge < -0.3 is 40.3 Å². The van der Waals surface area contributed by atoms with E-state index in [1.807, 2.05) is 0 Å². The van der Waals surface area contributed by atoms with Crippen LogP contribution in [0, 0.1) is 0 Å². The number of hydrogen-bond acceptors (Lipinski definition) is 8. The molecule has 88 heavy (non-hydrogen) atoms. The molecule has 504 valence electrons. The number of ether oxygens (including phenoxy) is 2. The molecular weight excluding hydrogens is 1090 g/mol. The molecule has 1 fully saturated rings. The van der Waals surface area contributed by atoms with Crippen LogP contribution in [0.5, 0.6) is 0 Å². The maximum absolute atomic E-state index is 13.2. The van der Waals surface area contributed by atoms with Gasteiger partial charge in [0.1, 0.15) is 24.4 Å². The fraction of sp³-hybridized carbons (Fsp3) is 0.709. The zero-order valence-corrected chi connectivity index (χ0v) is 56.4. The predicted octanol–water partition coefficient (Wildman–Crippen LogP) is 20.4. The van der Waals surface area contributed by atoms with Crippen LogP contribution in [-0.4, -0.2) is 87.5 Å². The highest BCUT2D eigenvalue weighted by molar-refractivity contribution is 5.76. The number of aliphatic hydroxyl groups is 5. The Morgan fingerprint density at radius 1 is 0.398 bits per heavy atom. The fourth-order valence-electron chi connectivity index (χ4n) is 10.9. The predicted molar refractivity (Wildman–Crippen MR) is 377 cm³/mol. The van der Waals surface area contributed by atoms with Gasteiger partial charge in [-0.15, -0.1) is 0 Å². The van der Waals surface area contributed by atoms with Crippen LogP contribution in [-0.2, 0) is 14.3 Å². The van der Waals surface area contributed by atoms with E-state index in [2.05, 4.69) is 153 Å². The van der Waals surface area contributed by atoms with Crippen LogP contribution >= 0.6 is 0 Å². The van der Waals surface area contributed by atoms with E-state index < -0.39 is 49.5 Å². The molecule has 0 spiro atoms. The summed E-state index contributed by atoms with van der Waals surface area (Å²) in [5.74, 6) is -0.165. The molecule has 1 saturated heterocycles. The molecule has 1 aliphatic heterocycles. The maximum Gasteiger partial charge on any atom is 0.220 e. The number of hydrogen-bond donors (Lipinski definition) is 6. The van der Waals surface area contributed by atoms with Crippen LogP contribution < -0.4 is 5.32 Å². The lowest BCUT2D eigenvalue weighted by Crippen LogP contribution is -2.60. The second-order valence-electron chi connectivity index (χ2n) is 24.7. The van der Waals surface area contributed by atoms with E-state index in [1.165, 1.54) is 148 Å². The summed E-state index contributed by atoms with van der Waals surface area (Å²) in [5, 5.41) is 55.0. The van der Waals surface area contributed by atoms with E-state index in [0.717, 1.165) is 128 Å². The Hall–Kier alpha value is -3.67. The molecule has 0 aliphatic carbocycles. The lowest BCUT2D eigenvalue weighted by atomic mass is 9.99. The third-order valence-electron chi connectivity index (χ3n) is 16.5. The standard InChI is InChI=1S/C79H135NO8/c1-3-5-7-9-11-13-15-17-19-21-23-25-27-29-31-32-33-34-35-36-37-38-39-40-41-42-43-45-47-49-51-53-55-57-59-61-63-65-67-69-75(83)80-72(71-87-79-78(86)77(85)76(84)74(70-81)88-79)73(82)68-66-64-62-60-58-56-54-52-50-48-46-44-30-28-26-24-22-20-18-16-14-12-10-8-6-4-2/h5,7,11,13,17,19,23,25,29,31,33-34,36-37,39-40,42-43,47,49,53,55,72-74,76-79,81-82,84-86H,3-4,6,8-10,12,14-16,18,20-22,24,26-28,30,32,35,38,41,44-46,48,50-52,54,56-71H2,1-2H3,(H,80,83)/b7-5-,13-11-,19-17-,25-23-,31-29-,34-33-,37-36-,40-39-,43-42-,49-47-,55-53-. The van der Waals surface area contributed by atoms with Crippen molar-refractivity contribution >= 4 is 5.91 Å². The Kier molecular flexibility index (Phi) is 62.0. The quantitative estimate of drug-likeness (QED) is 0.0261. The summed E-state index contributed by atoms with van der Waals surface area (Å²) < 4.78 is 11.4. The Bertz CT molecular complexity index is 1860. The van der Waals surface area contributed by atoms with Gasteiger partial charge in [0.25, 0.3) is 0 Å². The van der Waals surface area contributed by atoms with Crippen molar-refractivity contribution < 1.29 is 39.8 Å². The van der Waals surface area contributed by atoms with Gasteiger partial charge in [-0.2, -0.15) is 0 Å². The number of carbonyl (C=O) groups is 1. The molecule has 1 aliphatic rings. The summed E-state index contributed by atoms with van der Waals surface area (Å²) >= 11 is 0. The summed E-state index contributed by atoms with van der Waals surface area (Å²) in [4.78, 5) is 13.2. The van der Waals surface area contributed by atoms with Crippen molar-refractivity contribution in [2.24, 2.45) is 0 Å². The van der Waals surface area contributed by atoms with Crippen molar-refractivity contribution in [2.45, 2.75) is 346 Å². The topological polar surface area (TPSA) is 149 Å². The first-order chi connectivity index (χ1) is 43.3. The molecule has 0 aromatic rings. The van der Waals surface area contributed by atoms with Gasteiger partial charge in [0.15, 0.2) is 6.29 Å². The highest BCUT2D eigenvalue weighted by Gasteiger charge is 2.44. The fourth-order valence-corrected chi connectivity index (χ4v) is 10.9. The monoisotopic (exact) mass is 1230 g/mol. The van der Waals surface area contributed by atoms with Gasteiger partial charge in [0, 0.05) is 6.42 Å². The number of amides is 1. The van der Waals surface area contributed by atoms with Gasteiger partial charge in [-0.05, 0) is 96.3 Å². The minimum atomic E-state index is -1.57. The molecule has 0 aromatic heterocycles. The van der Waals surface area contributed by atoms with E-state index in [0.29, 0.717) is 12.8 Å². The molecule has 1 rings (SSSR count). The van der Waals surface area contributed by atoms with Gasteiger partial charge in [-0.3, -0.25) is 4.79 Å². The first-order valence-corrected chi connectivity index (χ1v) is 36.4. The van der Waals surface area contributed by atoms with Crippen LogP contribution in [0.1, 0.15) is 303 Å². The Labute approximate surface area is 541 Å². The van der Waals surface area contributed by atoms with Gasteiger partial charge in [-0.25, -0.2) is 0 Å². The van der Waals surface area contributed by atoms with Crippen molar-refractivity contribution in [1.29, 1.82) is 0 Å². The largest absolute Gasteiger partial charge is 0.394 e. The molecule has 7 unspecified atom stereocenters. The average molecular weight is 1230 g/mol. The first-order valence-electron chi connectivity index (χ1n) is 36.4. The Balaban J connectivity index is 2.16. The van der Waals surface area contributed by atoms with E-state index in [9.17, 15) is 30.3 Å². The van der Waals surface area contributed by atoms with Crippen LogP contribution in [0.25, 0.3) is 0 Å². The number of nitrogens with one attached hydrogen (secondary N) is 1. The van der Waals surface area contributed by atoms with Crippen LogP contribution in [0.15, 0.2) is 134 Å². The molecule has 9 nitrogen and oxygen atoms in total. The highest BCUT2D eigenvalue weighted by Crippen LogP contribution is 2.23. The van der Waals surface area contributed by atoms with E-state index in [1.54, 1.807) is 0 Å². The first kappa shape index (κ1) is 82.3. The third kappa shape index (κ3) is 54.1. The molecule has 6 N–H and O–H groups in total. The van der Waals surface area contributed by atoms with Crippen molar-refractivity contribution in [1.82, 2.24) is 5.32 Å². The number of aliphatic hydroxyl groups excluding tert-OH is 5. The lowest BCUT2D eigenvalue weighted by molar-refractivity contribution is -0.302. The highest BCUT2D eigenvalue weighted by atomic mass is 16.7. The summed E-state index contributed by atoms with van der Waals surface area (Å²) in [7, 11) is 0. The zero-order chi connectivity index (χ0) is 63.5. The molecular formula is C79H135NO8. The van der Waals surface area contributed by atoms with Gasteiger partial charge in [0.2, 0.25) is 5.91 Å². The minimum absolute atomic E-state index is 0.153. The molecule has 1 amide bonds. The average Bonchev–Trinajstić information content (AvgIpc) is 3.65. The van der Waals surface area contributed by atoms with Crippen molar-refractivity contribution in [2.75, 3.05) is 13.2 Å². The van der Waals surface area contributed by atoms with Crippen LogP contribution in [0.3, 0.4) is 0 Å². The van der Waals surface area contributed by atoms with Crippen molar-refractivity contribution in [3.8, 4) is 0 Å². The summed E-state index contributed by atoms with van der Waals surface area (Å²) in [6, 6.07) is -0.741. The smallest absolute Gasteiger partial charge is 0.220 e. The Morgan fingerprint density at radius 2 is 0.705 bits per heavy atom. The van der Waals surface area contributed by atoms with E-state index in [4.69, 9.17) is 9.47 Å². The second kappa shape index (κ2) is 66.3. The van der Waals surface area contributed by atoms with Crippen molar-refractivity contribution in [3.63, 3.8) is 0 Å². The number of unbranched alkanes of at least 4 members (excludes halogenated alkanes) is 30. The molecule has 0 bridgehead atoms. The van der Waals surface area contributed by atoms with E-state index >= 15 is 0 Å². The van der Waals surface area contributed by atoms with E-state index in [-0.39, 0.29) is 12.5 Å². The normalized spacial score (nSPS) is 18.7. The molecule has 7 atom stereocenters. The third-order valence-corrected chi connectivity index (χ3v) is 16.5. The molecule has 0 radical (unpaired) electrons. The number of rotatable bonds is 62. The SMILES string of the molecule is CC/C=C\C/C=C\C/C=C\C/C=C\C/C=C\C/C=C\C/C=C\C/C=C\C/C=C\C/C=C\C/C=C\CCCCCCCC(=O)NC(COC1OC(CO)C(O)C(O)C1O)C(O)CCCCCCCCCCCCCCCCCCCCCCCCCCCC. The summed E-state index contributed by atoms with van der Waals surface area (Å²) in [6.45, 7) is 3.74. The number of carbonyl (C=O) groups excluding carboxylic acids is 1. The number of allylic oxidation sites excluding steroid dienone is 22. The minimum Gasteiger partial charge on any atom is -0.394 e. The second-order valence-corrected chi connectivity index (χ2v) is 24.7. The maximum atomic E-state index is 13.2. The molecule has 0 saturated carbocycles. The van der Waals surface area contributed by atoms with Crippen LogP contribution in [0.2, 0.25) is 0 Å². The molecule has 0 aromatic carbocycles. The van der Waals surface area contributed by atoms with Crippen LogP contribution in [0.4, 0.5) is 0 Å². The van der Waals surface area contributed by atoms with Gasteiger partial charge in [-0.1, -0.05) is 334 Å². The summed E-state index contributed by atoms with van der Waals surface area (Å²) in [5.41, 5.74) is 0.